The van der Waals surface area contributed by atoms with Gasteiger partial charge in [0.1, 0.15) is 4.88 Å². The number of anilines is 1. The number of nitrogens with one attached hydrogen (secondary N) is 1. The number of aromatic nitrogens is 2. The van der Waals surface area contributed by atoms with E-state index < -0.39 is 5.41 Å². The predicted octanol–water partition coefficient (Wildman–Crippen LogP) is 4.13. The van der Waals surface area contributed by atoms with Crippen molar-refractivity contribution in [2.75, 3.05) is 19.4 Å². The molecule has 1 N–H and O–H groups in total. The zero-order chi connectivity index (χ0) is 20.8. The van der Waals surface area contributed by atoms with Crippen molar-refractivity contribution in [2.45, 2.75) is 25.2 Å². The van der Waals surface area contributed by atoms with Gasteiger partial charge < -0.3 is 14.7 Å². The molecule has 2 heterocycles. The molecule has 0 aliphatic heterocycles. The fourth-order valence-electron chi connectivity index (χ4n) is 3.04. The Labute approximate surface area is 176 Å². The van der Waals surface area contributed by atoms with Gasteiger partial charge in [0.05, 0.1) is 16.8 Å². The molecule has 0 spiro atoms. The average molecular weight is 431 g/mol. The third-order valence-electron chi connectivity index (χ3n) is 4.93. The molecule has 29 heavy (non-hydrogen) atoms. The van der Waals surface area contributed by atoms with E-state index in [4.69, 9.17) is 16.1 Å². The largest absolute Gasteiger partial charge is 0.356 e. The van der Waals surface area contributed by atoms with Crippen LogP contribution in [0.25, 0.3) is 11.3 Å². The Balaban J connectivity index is 1.53. The standard InChI is InChI=1S/C20H19ClN4O3S/c1-11-16(17(26)25(2)3)29-19(22-11)23-18(27)20(8-9-20)15-10-14(28-24-15)12-4-6-13(21)7-5-12/h4-7,10H,8-9H2,1-3H3,(H,22,23,27). The highest BCUT2D eigenvalue weighted by molar-refractivity contribution is 7.17. The Morgan fingerprint density at radius 3 is 2.55 bits per heavy atom. The molecule has 3 aromatic rings. The molecule has 0 saturated heterocycles. The molecule has 1 saturated carbocycles. The third kappa shape index (κ3) is 3.65. The first-order valence-electron chi connectivity index (χ1n) is 9.04. The molecule has 0 bridgehead atoms. The van der Waals surface area contributed by atoms with E-state index in [2.05, 4.69) is 15.5 Å². The maximum absolute atomic E-state index is 13.0. The van der Waals surface area contributed by atoms with E-state index in [9.17, 15) is 9.59 Å². The van der Waals surface area contributed by atoms with Gasteiger partial charge in [-0.05, 0) is 44.0 Å². The lowest BCUT2D eigenvalue weighted by atomic mass is 10.0. The first-order valence-corrected chi connectivity index (χ1v) is 10.2. The number of halogens is 1. The van der Waals surface area contributed by atoms with Crippen LogP contribution in [0, 0.1) is 6.92 Å². The zero-order valence-corrected chi connectivity index (χ0v) is 17.7. The first kappa shape index (κ1) is 19.6. The summed E-state index contributed by atoms with van der Waals surface area (Å²) in [5.41, 5.74) is 1.31. The SMILES string of the molecule is Cc1nc(NC(=O)C2(c3cc(-c4ccc(Cl)cc4)on3)CC2)sc1C(=O)N(C)C. The van der Waals surface area contributed by atoms with Crippen LogP contribution in [0.4, 0.5) is 5.13 Å². The number of carbonyl (C=O) groups is 2. The van der Waals surface area contributed by atoms with Crippen molar-refractivity contribution in [1.82, 2.24) is 15.0 Å². The van der Waals surface area contributed by atoms with Gasteiger partial charge in [-0.2, -0.15) is 0 Å². The van der Waals surface area contributed by atoms with Crippen molar-refractivity contribution in [3.05, 3.63) is 51.6 Å². The van der Waals surface area contributed by atoms with E-state index >= 15 is 0 Å². The molecule has 1 aromatic carbocycles. The van der Waals surface area contributed by atoms with Crippen molar-refractivity contribution >= 4 is 39.9 Å². The van der Waals surface area contributed by atoms with E-state index in [1.807, 2.05) is 12.1 Å². The smallest absolute Gasteiger partial charge is 0.265 e. The minimum absolute atomic E-state index is 0.134. The minimum atomic E-state index is -0.723. The second-order valence-corrected chi connectivity index (χ2v) is 8.69. The number of thiazole rings is 1. The number of aryl methyl sites for hydroxylation is 1. The highest BCUT2D eigenvalue weighted by atomic mass is 35.5. The number of amides is 2. The summed E-state index contributed by atoms with van der Waals surface area (Å²) in [5, 5.41) is 8.04. The van der Waals surface area contributed by atoms with Crippen LogP contribution < -0.4 is 5.32 Å². The van der Waals surface area contributed by atoms with Gasteiger partial charge in [0.25, 0.3) is 5.91 Å². The molecule has 0 unspecified atom stereocenters. The predicted molar refractivity (Wildman–Crippen MR) is 111 cm³/mol. The van der Waals surface area contributed by atoms with E-state index in [-0.39, 0.29) is 11.8 Å². The van der Waals surface area contributed by atoms with Crippen molar-refractivity contribution in [3.63, 3.8) is 0 Å². The summed E-state index contributed by atoms with van der Waals surface area (Å²) >= 11 is 7.10. The van der Waals surface area contributed by atoms with Crippen LogP contribution in [0.2, 0.25) is 5.02 Å². The van der Waals surface area contributed by atoms with Gasteiger partial charge in [-0.3, -0.25) is 9.59 Å². The summed E-state index contributed by atoms with van der Waals surface area (Å²) in [6, 6.07) is 9.03. The highest BCUT2D eigenvalue weighted by Crippen LogP contribution is 2.49. The van der Waals surface area contributed by atoms with Crippen molar-refractivity contribution in [1.29, 1.82) is 0 Å². The number of benzene rings is 1. The molecule has 0 atom stereocenters. The van der Waals surface area contributed by atoms with Gasteiger partial charge in [-0.25, -0.2) is 4.98 Å². The molecule has 0 radical (unpaired) electrons. The minimum Gasteiger partial charge on any atom is -0.356 e. The molecule has 2 amide bonds. The molecular weight excluding hydrogens is 412 g/mol. The quantitative estimate of drug-likeness (QED) is 0.657. The fourth-order valence-corrected chi connectivity index (χ4v) is 4.15. The number of hydrogen-bond donors (Lipinski definition) is 1. The molecule has 1 fully saturated rings. The van der Waals surface area contributed by atoms with Crippen LogP contribution in [-0.2, 0) is 10.2 Å². The van der Waals surface area contributed by atoms with Crippen molar-refractivity contribution in [2.24, 2.45) is 0 Å². The highest BCUT2D eigenvalue weighted by Gasteiger charge is 2.54. The van der Waals surface area contributed by atoms with E-state index in [0.29, 0.717) is 45.0 Å². The molecule has 4 rings (SSSR count). The molecular formula is C20H19ClN4O3S. The van der Waals surface area contributed by atoms with Gasteiger partial charge >= 0.3 is 0 Å². The van der Waals surface area contributed by atoms with E-state index in [0.717, 1.165) is 5.56 Å². The molecule has 2 aromatic heterocycles. The number of carbonyl (C=O) groups excluding carboxylic acids is 2. The lowest BCUT2D eigenvalue weighted by Gasteiger charge is -2.10. The lowest BCUT2D eigenvalue weighted by molar-refractivity contribution is -0.118. The Morgan fingerprint density at radius 1 is 1.24 bits per heavy atom. The second-order valence-electron chi connectivity index (χ2n) is 7.25. The second kappa shape index (κ2) is 7.27. The fraction of sp³-hybridized carbons (Fsp3) is 0.300. The number of nitrogens with zero attached hydrogens (tertiary/aromatic N) is 3. The normalized spacial score (nSPS) is 14.5. The van der Waals surface area contributed by atoms with Crippen LogP contribution in [0.5, 0.6) is 0 Å². The van der Waals surface area contributed by atoms with Crippen LogP contribution >= 0.6 is 22.9 Å². The summed E-state index contributed by atoms with van der Waals surface area (Å²) in [6.45, 7) is 1.76. The Bertz CT molecular complexity index is 1080. The van der Waals surface area contributed by atoms with Crippen LogP contribution in [0.1, 0.15) is 33.9 Å². The van der Waals surface area contributed by atoms with Crippen LogP contribution in [0.15, 0.2) is 34.9 Å². The maximum Gasteiger partial charge on any atom is 0.265 e. The van der Waals surface area contributed by atoms with Crippen molar-refractivity contribution in [3.8, 4) is 11.3 Å². The van der Waals surface area contributed by atoms with Crippen molar-refractivity contribution < 1.29 is 14.1 Å². The summed E-state index contributed by atoms with van der Waals surface area (Å²) in [5.74, 6) is 0.261. The molecule has 1 aliphatic carbocycles. The maximum atomic E-state index is 13.0. The summed E-state index contributed by atoms with van der Waals surface area (Å²) in [6.07, 6.45) is 1.36. The third-order valence-corrected chi connectivity index (χ3v) is 6.24. The zero-order valence-electron chi connectivity index (χ0n) is 16.2. The van der Waals surface area contributed by atoms with Gasteiger partial charge in [-0.1, -0.05) is 28.1 Å². The van der Waals surface area contributed by atoms with Crippen LogP contribution in [-0.4, -0.2) is 41.0 Å². The summed E-state index contributed by atoms with van der Waals surface area (Å²) < 4.78 is 5.46. The van der Waals surface area contributed by atoms with Gasteiger partial charge in [-0.15, -0.1) is 0 Å². The van der Waals surface area contributed by atoms with E-state index in [1.54, 1.807) is 39.2 Å². The van der Waals surface area contributed by atoms with Gasteiger partial charge in [0.15, 0.2) is 10.9 Å². The monoisotopic (exact) mass is 430 g/mol. The molecule has 9 heteroatoms. The summed E-state index contributed by atoms with van der Waals surface area (Å²) in [7, 11) is 3.36. The number of rotatable bonds is 5. The summed E-state index contributed by atoms with van der Waals surface area (Å²) in [4.78, 5) is 31.5. The van der Waals surface area contributed by atoms with E-state index in [1.165, 1.54) is 16.2 Å². The molecule has 7 nitrogen and oxygen atoms in total. The van der Waals surface area contributed by atoms with Crippen LogP contribution in [0.3, 0.4) is 0 Å². The van der Waals surface area contributed by atoms with Gasteiger partial charge in [0.2, 0.25) is 5.91 Å². The lowest BCUT2D eigenvalue weighted by Crippen LogP contribution is -2.28. The topological polar surface area (TPSA) is 88.3 Å². The van der Waals surface area contributed by atoms with Gasteiger partial charge in [0, 0.05) is 30.7 Å². The number of hydrogen-bond acceptors (Lipinski definition) is 6. The molecule has 1 aliphatic rings. The Morgan fingerprint density at radius 2 is 1.93 bits per heavy atom. The Hall–Kier alpha value is -2.71. The average Bonchev–Trinajstić information content (AvgIpc) is 3.21. The first-order chi connectivity index (χ1) is 13.8. The Kier molecular flexibility index (Phi) is 4.92. The molecule has 150 valence electrons.